The second-order valence-electron chi connectivity index (χ2n) is 4.51. The van der Waals surface area contributed by atoms with Crippen LogP contribution in [0.3, 0.4) is 0 Å². The van der Waals surface area contributed by atoms with Crippen LogP contribution in [0.25, 0.3) is 0 Å². The van der Waals surface area contributed by atoms with E-state index >= 15 is 0 Å². The van der Waals surface area contributed by atoms with Crippen molar-refractivity contribution in [2.24, 2.45) is 5.84 Å². The van der Waals surface area contributed by atoms with Gasteiger partial charge in [0.1, 0.15) is 11.6 Å². The molecule has 2 heterocycles. The van der Waals surface area contributed by atoms with Gasteiger partial charge in [0.2, 0.25) is 0 Å². The molecule has 1 fully saturated rings. The average Bonchev–Trinajstić information content (AvgIpc) is 2.40. The Kier molecular flexibility index (Phi) is 4.74. The van der Waals surface area contributed by atoms with Gasteiger partial charge < -0.3 is 15.5 Å². The zero-order chi connectivity index (χ0) is 12.8. The standard InChI is InChI=1S/C12H21N5O/c1-10(9-17-5-7-18-8-6-17)14-11-3-2-4-12(15-11)16-13/h2-4,10H,5-9,13H2,1H3,(H2,14,15,16). The highest BCUT2D eigenvalue weighted by Gasteiger charge is 2.13. The highest BCUT2D eigenvalue weighted by molar-refractivity contribution is 5.44. The lowest BCUT2D eigenvalue weighted by molar-refractivity contribution is 0.0368. The number of anilines is 2. The molecule has 18 heavy (non-hydrogen) atoms. The minimum atomic E-state index is 0.337. The molecule has 0 aromatic carbocycles. The van der Waals surface area contributed by atoms with Crippen molar-refractivity contribution in [1.82, 2.24) is 9.88 Å². The average molecular weight is 251 g/mol. The Balaban J connectivity index is 1.83. The van der Waals surface area contributed by atoms with Crippen LogP contribution in [-0.2, 0) is 4.74 Å². The number of nitrogen functional groups attached to an aromatic ring is 1. The number of rotatable bonds is 5. The maximum Gasteiger partial charge on any atom is 0.142 e. The van der Waals surface area contributed by atoms with Gasteiger partial charge in [-0.05, 0) is 19.1 Å². The summed E-state index contributed by atoms with van der Waals surface area (Å²) in [5.41, 5.74) is 2.54. The minimum Gasteiger partial charge on any atom is -0.379 e. The number of pyridine rings is 1. The van der Waals surface area contributed by atoms with Gasteiger partial charge in [-0.25, -0.2) is 10.8 Å². The predicted molar refractivity (Wildman–Crippen MR) is 72.4 cm³/mol. The van der Waals surface area contributed by atoms with Gasteiger partial charge in [0.25, 0.3) is 0 Å². The second kappa shape index (κ2) is 6.53. The number of ether oxygens (including phenoxy) is 1. The van der Waals surface area contributed by atoms with Gasteiger partial charge in [0.05, 0.1) is 13.2 Å². The first-order valence-electron chi connectivity index (χ1n) is 6.28. The predicted octanol–water partition coefficient (Wildman–Crippen LogP) is 0.500. The fourth-order valence-electron chi connectivity index (χ4n) is 2.06. The summed E-state index contributed by atoms with van der Waals surface area (Å²) in [6, 6.07) is 6.03. The van der Waals surface area contributed by atoms with Gasteiger partial charge in [0, 0.05) is 25.7 Å². The van der Waals surface area contributed by atoms with Gasteiger partial charge in [0.15, 0.2) is 0 Å². The molecule has 100 valence electrons. The van der Waals surface area contributed by atoms with Crippen LogP contribution < -0.4 is 16.6 Å². The molecule has 0 bridgehead atoms. The summed E-state index contributed by atoms with van der Waals surface area (Å²) in [4.78, 5) is 6.73. The van der Waals surface area contributed by atoms with E-state index in [1.54, 1.807) is 0 Å². The Hall–Kier alpha value is -1.37. The van der Waals surface area contributed by atoms with E-state index in [0.717, 1.165) is 38.7 Å². The van der Waals surface area contributed by atoms with Crippen molar-refractivity contribution in [3.63, 3.8) is 0 Å². The normalized spacial score (nSPS) is 18.3. The molecule has 1 aliphatic rings. The molecular formula is C12H21N5O. The van der Waals surface area contributed by atoms with E-state index in [2.05, 4.69) is 27.6 Å². The van der Waals surface area contributed by atoms with Crippen molar-refractivity contribution in [1.29, 1.82) is 0 Å². The molecule has 0 aliphatic carbocycles. The lowest BCUT2D eigenvalue weighted by Gasteiger charge is -2.29. The summed E-state index contributed by atoms with van der Waals surface area (Å²) in [5.74, 6) is 6.84. The molecule has 4 N–H and O–H groups in total. The van der Waals surface area contributed by atoms with Crippen LogP contribution in [0.5, 0.6) is 0 Å². The van der Waals surface area contributed by atoms with Crippen molar-refractivity contribution in [2.75, 3.05) is 43.6 Å². The Morgan fingerprint density at radius 2 is 2.11 bits per heavy atom. The van der Waals surface area contributed by atoms with Gasteiger partial charge in [-0.2, -0.15) is 0 Å². The van der Waals surface area contributed by atoms with E-state index in [4.69, 9.17) is 10.6 Å². The van der Waals surface area contributed by atoms with E-state index in [1.807, 2.05) is 18.2 Å². The molecule has 1 saturated heterocycles. The van der Waals surface area contributed by atoms with Crippen molar-refractivity contribution < 1.29 is 4.74 Å². The Morgan fingerprint density at radius 3 is 2.83 bits per heavy atom. The minimum absolute atomic E-state index is 0.337. The molecule has 6 heteroatoms. The molecule has 6 nitrogen and oxygen atoms in total. The summed E-state index contributed by atoms with van der Waals surface area (Å²) >= 11 is 0. The summed E-state index contributed by atoms with van der Waals surface area (Å²) in [5, 5.41) is 3.37. The first-order chi connectivity index (χ1) is 8.78. The van der Waals surface area contributed by atoms with Crippen molar-refractivity contribution in [3.8, 4) is 0 Å². The summed E-state index contributed by atoms with van der Waals surface area (Å²) < 4.78 is 5.33. The van der Waals surface area contributed by atoms with Crippen molar-refractivity contribution in [2.45, 2.75) is 13.0 Å². The van der Waals surface area contributed by atoms with Crippen LogP contribution >= 0.6 is 0 Å². The lowest BCUT2D eigenvalue weighted by atomic mass is 10.3. The molecule has 0 spiro atoms. The molecule has 1 atom stereocenters. The van der Waals surface area contributed by atoms with E-state index in [9.17, 15) is 0 Å². The Bertz CT molecular complexity index is 367. The number of nitrogens with zero attached hydrogens (tertiary/aromatic N) is 2. The smallest absolute Gasteiger partial charge is 0.142 e. The summed E-state index contributed by atoms with van der Waals surface area (Å²) in [6.45, 7) is 6.81. The molecule has 1 aromatic heterocycles. The molecule has 0 radical (unpaired) electrons. The van der Waals surface area contributed by atoms with Crippen LogP contribution in [0.4, 0.5) is 11.6 Å². The monoisotopic (exact) mass is 251 g/mol. The number of aromatic nitrogens is 1. The van der Waals surface area contributed by atoms with Crippen LogP contribution in [0.1, 0.15) is 6.92 Å². The van der Waals surface area contributed by atoms with Gasteiger partial charge in [-0.3, -0.25) is 4.90 Å². The largest absolute Gasteiger partial charge is 0.379 e. The Morgan fingerprint density at radius 1 is 1.39 bits per heavy atom. The van der Waals surface area contributed by atoms with Crippen LogP contribution in [0.2, 0.25) is 0 Å². The van der Waals surface area contributed by atoms with E-state index < -0.39 is 0 Å². The molecule has 2 rings (SSSR count). The first-order valence-corrected chi connectivity index (χ1v) is 6.28. The number of hydrogen-bond acceptors (Lipinski definition) is 6. The molecule has 1 unspecified atom stereocenters. The number of hydrogen-bond donors (Lipinski definition) is 3. The highest BCUT2D eigenvalue weighted by atomic mass is 16.5. The summed E-state index contributed by atoms with van der Waals surface area (Å²) in [7, 11) is 0. The second-order valence-corrected chi connectivity index (χ2v) is 4.51. The van der Waals surface area contributed by atoms with Gasteiger partial charge in [-0.1, -0.05) is 6.07 Å². The number of nitrogens with one attached hydrogen (secondary N) is 2. The Labute approximate surface area is 107 Å². The molecule has 1 aromatic rings. The molecular weight excluding hydrogens is 230 g/mol. The molecule has 0 saturated carbocycles. The first kappa shape index (κ1) is 13.1. The number of hydrazine groups is 1. The third kappa shape index (κ3) is 3.83. The van der Waals surface area contributed by atoms with E-state index in [-0.39, 0.29) is 0 Å². The van der Waals surface area contributed by atoms with Crippen molar-refractivity contribution >= 4 is 11.6 Å². The van der Waals surface area contributed by atoms with Crippen LogP contribution in [0.15, 0.2) is 18.2 Å². The number of morpholine rings is 1. The fraction of sp³-hybridized carbons (Fsp3) is 0.583. The molecule has 0 amide bonds. The summed E-state index contributed by atoms with van der Waals surface area (Å²) in [6.07, 6.45) is 0. The quantitative estimate of drug-likeness (QED) is 0.523. The third-order valence-corrected chi connectivity index (χ3v) is 2.93. The lowest BCUT2D eigenvalue weighted by Crippen LogP contribution is -2.42. The fourth-order valence-corrected chi connectivity index (χ4v) is 2.06. The van der Waals surface area contributed by atoms with Gasteiger partial charge in [-0.15, -0.1) is 0 Å². The topological polar surface area (TPSA) is 75.4 Å². The van der Waals surface area contributed by atoms with Crippen LogP contribution in [0, 0.1) is 0 Å². The molecule has 1 aliphatic heterocycles. The maximum atomic E-state index is 5.34. The zero-order valence-corrected chi connectivity index (χ0v) is 10.7. The zero-order valence-electron chi connectivity index (χ0n) is 10.7. The third-order valence-electron chi connectivity index (χ3n) is 2.93. The van der Waals surface area contributed by atoms with Gasteiger partial charge >= 0.3 is 0 Å². The SMILES string of the molecule is CC(CN1CCOCC1)Nc1cccc(NN)n1. The highest BCUT2D eigenvalue weighted by Crippen LogP contribution is 2.10. The van der Waals surface area contributed by atoms with E-state index in [0.29, 0.717) is 11.9 Å². The number of nitrogens with two attached hydrogens (primary N) is 1. The van der Waals surface area contributed by atoms with Crippen molar-refractivity contribution in [3.05, 3.63) is 18.2 Å². The van der Waals surface area contributed by atoms with Crippen LogP contribution in [-0.4, -0.2) is 48.8 Å². The maximum absolute atomic E-state index is 5.34. The van der Waals surface area contributed by atoms with E-state index in [1.165, 1.54) is 0 Å².